The van der Waals surface area contributed by atoms with E-state index in [1.807, 2.05) is 49.4 Å². The summed E-state index contributed by atoms with van der Waals surface area (Å²) in [5.74, 6) is 1.60. The Morgan fingerprint density at radius 3 is 2.61 bits per heavy atom. The highest BCUT2D eigenvalue weighted by Gasteiger charge is 2.20. The Bertz CT molecular complexity index is 1230. The first-order chi connectivity index (χ1) is 16.1. The van der Waals surface area contributed by atoms with Crippen LogP contribution in [0.15, 0.2) is 65.1 Å². The SMILES string of the molecule is CCOc1ccccc1NC(=O)CSc1nnc(-c2csc(C)c2-c2ccccc2)n1CC. The van der Waals surface area contributed by atoms with Crippen molar-refractivity contribution in [1.29, 1.82) is 0 Å². The van der Waals surface area contributed by atoms with Crippen molar-refractivity contribution in [2.24, 2.45) is 0 Å². The largest absolute Gasteiger partial charge is 0.492 e. The van der Waals surface area contributed by atoms with Crippen molar-refractivity contribution in [3.8, 4) is 28.3 Å². The lowest BCUT2D eigenvalue weighted by molar-refractivity contribution is -0.113. The van der Waals surface area contributed by atoms with Crippen LogP contribution >= 0.6 is 23.1 Å². The number of thioether (sulfide) groups is 1. The molecule has 4 rings (SSSR count). The van der Waals surface area contributed by atoms with E-state index in [1.165, 1.54) is 27.8 Å². The fourth-order valence-electron chi connectivity index (χ4n) is 3.63. The maximum Gasteiger partial charge on any atom is 0.234 e. The summed E-state index contributed by atoms with van der Waals surface area (Å²) in [5.41, 5.74) is 4.09. The second kappa shape index (κ2) is 10.7. The van der Waals surface area contributed by atoms with Crippen molar-refractivity contribution in [2.45, 2.75) is 32.5 Å². The summed E-state index contributed by atoms with van der Waals surface area (Å²) < 4.78 is 7.66. The molecule has 0 atom stereocenters. The molecule has 0 aliphatic carbocycles. The molecule has 0 aliphatic heterocycles. The fraction of sp³-hybridized carbons (Fsp3) is 0.240. The Hall–Kier alpha value is -3.10. The number of hydrogen-bond donors (Lipinski definition) is 1. The van der Waals surface area contributed by atoms with Crippen molar-refractivity contribution in [3.63, 3.8) is 0 Å². The Balaban J connectivity index is 1.52. The van der Waals surface area contributed by atoms with E-state index in [9.17, 15) is 4.79 Å². The summed E-state index contributed by atoms with van der Waals surface area (Å²) >= 11 is 3.09. The molecule has 0 unspecified atom stereocenters. The molecule has 4 aromatic rings. The Kier molecular flexibility index (Phi) is 7.47. The summed E-state index contributed by atoms with van der Waals surface area (Å²) in [6.07, 6.45) is 0. The first-order valence-corrected chi connectivity index (χ1v) is 12.7. The number of rotatable bonds is 9. The van der Waals surface area contributed by atoms with E-state index < -0.39 is 0 Å². The van der Waals surface area contributed by atoms with E-state index in [0.717, 1.165) is 16.5 Å². The molecule has 6 nitrogen and oxygen atoms in total. The van der Waals surface area contributed by atoms with Crippen LogP contribution in [0.1, 0.15) is 18.7 Å². The number of anilines is 1. The number of aryl methyl sites for hydroxylation is 1. The lowest BCUT2D eigenvalue weighted by atomic mass is 10.0. The molecule has 1 N–H and O–H groups in total. The van der Waals surface area contributed by atoms with E-state index in [-0.39, 0.29) is 11.7 Å². The quantitative estimate of drug-likeness (QED) is 0.293. The van der Waals surface area contributed by atoms with Crippen molar-refractivity contribution in [1.82, 2.24) is 14.8 Å². The molecule has 0 saturated heterocycles. The van der Waals surface area contributed by atoms with E-state index in [1.54, 1.807) is 11.3 Å². The van der Waals surface area contributed by atoms with Gasteiger partial charge >= 0.3 is 0 Å². The van der Waals surface area contributed by atoms with Gasteiger partial charge in [-0.15, -0.1) is 21.5 Å². The second-order valence-electron chi connectivity index (χ2n) is 7.26. The number of amides is 1. The first kappa shape index (κ1) is 23.1. The standard InChI is InChI=1S/C25H26N4O2S2/c1-4-29-24(19-15-32-17(3)23(19)18-11-7-6-8-12-18)27-28-25(29)33-16-22(30)26-20-13-9-10-14-21(20)31-5-2/h6-15H,4-5,16H2,1-3H3,(H,26,30). The molecular formula is C25H26N4O2S2. The number of nitrogens with one attached hydrogen (secondary N) is 1. The first-order valence-electron chi connectivity index (χ1n) is 10.8. The molecule has 2 aromatic carbocycles. The Morgan fingerprint density at radius 1 is 1.09 bits per heavy atom. The van der Waals surface area contributed by atoms with Crippen molar-refractivity contribution < 1.29 is 9.53 Å². The van der Waals surface area contributed by atoms with Gasteiger partial charge in [-0.1, -0.05) is 54.2 Å². The van der Waals surface area contributed by atoms with Crippen LogP contribution in [0.4, 0.5) is 5.69 Å². The number of carbonyl (C=O) groups is 1. The maximum atomic E-state index is 12.6. The number of aromatic nitrogens is 3. The molecule has 33 heavy (non-hydrogen) atoms. The van der Waals surface area contributed by atoms with Gasteiger partial charge in [-0.2, -0.15) is 0 Å². The van der Waals surface area contributed by atoms with Crippen LogP contribution in [-0.4, -0.2) is 33.0 Å². The van der Waals surface area contributed by atoms with Gasteiger partial charge in [0.2, 0.25) is 5.91 Å². The Labute approximate surface area is 202 Å². The number of hydrogen-bond acceptors (Lipinski definition) is 6. The maximum absolute atomic E-state index is 12.6. The average molecular weight is 479 g/mol. The van der Waals surface area contributed by atoms with Crippen LogP contribution in [0.25, 0.3) is 22.5 Å². The van der Waals surface area contributed by atoms with E-state index in [0.29, 0.717) is 24.6 Å². The highest BCUT2D eigenvalue weighted by Crippen LogP contribution is 2.39. The molecule has 0 saturated carbocycles. The van der Waals surface area contributed by atoms with E-state index in [4.69, 9.17) is 4.74 Å². The predicted molar refractivity (Wildman–Crippen MR) is 136 cm³/mol. The minimum absolute atomic E-state index is 0.115. The van der Waals surface area contributed by atoms with Crippen molar-refractivity contribution in [2.75, 3.05) is 17.7 Å². The third-order valence-electron chi connectivity index (χ3n) is 5.10. The summed E-state index contributed by atoms with van der Waals surface area (Å²) in [6, 6.07) is 17.8. The summed E-state index contributed by atoms with van der Waals surface area (Å²) in [6.45, 7) is 7.36. The van der Waals surface area contributed by atoms with Gasteiger partial charge in [-0.3, -0.25) is 4.79 Å². The lowest BCUT2D eigenvalue weighted by Gasteiger charge is -2.11. The van der Waals surface area contributed by atoms with Gasteiger partial charge in [-0.25, -0.2) is 0 Å². The monoisotopic (exact) mass is 478 g/mol. The smallest absolute Gasteiger partial charge is 0.234 e. The zero-order valence-corrected chi connectivity index (χ0v) is 20.5. The van der Waals surface area contributed by atoms with Crippen LogP contribution < -0.4 is 10.1 Å². The van der Waals surface area contributed by atoms with Gasteiger partial charge in [0.1, 0.15) is 5.75 Å². The van der Waals surface area contributed by atoms with Crippen molar-refractivity contribution >= 4 is 34.7 Å². The van der Waals surface area contributed by atoms with Crippen molar-refractivity contribution in [3.05, 3.63) is 64.9 Å². The highest BCUT2D eigenvalue weighted by molar-refractivity contribution is 7.99. The molecule has 170 valence electrons. The minimum Gasteiger partial charge on any atom is -0.492 e. The van der Waals surface area contributed by atoms with Crippen LogP contribution in [0, 0.1) is 6.92 Å². The number of nitrogens with zero attached hydrogens (tertiary/aromatic N) is 3. The lowest BCUT2D eigenvalue weighted by Crippen LogP contribution is -2.15. The van der Waals surface area contributed by atoms with E-state index in [2.05, 4.69) is 51.4 Å². The number of para-hydroxylation sites is 2. The predicted octanol–water partition coefficient (Wildman–Crippen LogP) is 6.13. The molecule has 0 aliphatic rings. The van der Waals surface area contributed by atoms with E-state index >= 15 is 0 Å². The molecular weight excluding hydrogens is 452 g/mol. The average Bonchev–Trinajstić information content (AvgIpc) is 3.42. The Morgan fingerprint density at radius 2 is 1.85 bits per heavy atom. The van der Waals surface area contributed by atoms with Gasteiger partial charge < -0.3 is 14.6 Å². The zero-order valence-electron chi connectivity index (χ0n) is 18.9. The van der Waals surface area contributed by atoms with Crippen LogP contribution in [-0.2, 0) is 11.3 Å². The number of carbonyl (C=O) groups excluding carboxylic acids is 1. The third-order valence-corrected chi connectivity index (χ3v) is 6.98. The van der Waals surface area contributed by atoms with Gasteiger partial charge in [0.15, 0.2) is 11.0 Å². The number of ether oxygens (including phenoxy) is 1. The van der Waals surface area contributed by atoms with Gasteiger partial charge in [0.25, 0.3) is 0 Å². The normalized spacial score (nSPS) is 10.9. The molecule has 1 amide bonds. The van der Waals surface area contributed by atoms with Gasteiger partial charge in [-0.05, 0) is 38.5 Å². The molecule has 0 spiro atoms. The number of thiophene rings is 1. The third kappa shape index (κ3) is 5.12. The van der Waals surface area contributed by atoms with Gasteiger partial charge in [0, 0.05) is 27.9 Å². The molecule has 0 radical (unpaired) electrons. The summed E-state index contributed by atoms with van der Waals surface area (Å²) in [7, 11) is 0. The number of benzene rings is 2. The molecule has 2 heterocycles. The van der Waals surface area contributed by atoms with Gasteiger partial charge in [0.05, 0.1) is 18.0 Å². The van der Waals surface area contributed by atoms with Crippen LogP contribution in [0.5, 0.6) is 5.75 Å². The summed E-state index contributed by atoms with van der Waals surface area (Å²) in [5, 5.41) is 14.7. The minimum atomic E-state index is -0.115. The zero-order chi connectivity index (χ0) is 23.2. The second-order valence-corrected chi connectivity index (χ2v) is 9.29. The molecule has 0 bridgehead atoms. The molecule has 8 heteroatoms. The summed E-state index contributed by atoms with van der Waals surface area (Å²) in [4.78, 5) is 13.9. The topological polar surface area (TPSA) is 69.0 Å². The highest BCUT2D eigenvalue weighted by atomic mass is 32.2. The fourth-order valence-corrected chi connectivity index (χ4v) is 5.30. The molecule has 2 aromatic heterocycles. The van der Waals surface area contributed by atoms with Crippen LogP contribution in [0.3, 0.4) is 0 Å². The molecule has 0 fully saturated rings. The van der Waals surface area contributed by atoms with Crippen LogP contribution in [0.2, 0.25) is 0 Å².